The Morgan fingerprint density at radius 1 is 1.00 bits per heavy atom. The summed E-state index contributed by atoms with van der Waals surface area (Å²) in [4.78, 5) is 12.4. The van der Waals surface area contributed by atoms with Gasteiger partial charge in [-0.25, -0.2) is 13.6 Å². The normalized spacial score (nSPS) is 14.0. The number of nitrogens with two attached hydrogens (primary N) is 1. The number of carbonyl (C=O) groups is 1. The van der Waals surface area contributed by atoms with Gasteiger partial charge in [0.1, 0.15) is 0 Å². The van der Waals surface area contributed by atoms with Crippen LogP contribution in [0.25, 0.3) is 0 Å². The van der Waals surface area contributed by atoms with E-state index in [0.29, 0.717) is 18.5 Å². The fourth-order valence-corrected chi connectivity index (χ4v) is 3.66. The molecule has 25 heavy (non-hydrogen) atoms. The molecule has 0 saturated heterocycles. The largest absolute Gasteiger partial charge is 0.352 e. The maximum atomic E-state index is 12.3. The first-order valence-corrected chi connectivity index (χ1v) is 10.00. The Morgan fingerprint density at radius 3 is 2.36 bits per heavy atom. The Hall–Kier alpha value is -2.18. The number of hydrogen-bond acceptors (Lipinski definition) is 3. The molecule has 0 aliphatic heterocycles. The third-order valence-corrected chi connectivity index (χ3v) is 5.49. The smallest absolute Gasteiger partial charge is 0.251 e. The van der Waals surface area contributed by atoms with Crippen LogP contribution in [0, 0.1) is 0 Å². The number of amides is 1. The highest BCUT2D eigenvalue weighted by atomic mass is 32.2. The van der Waals surface area contributed by atoms with Gasteiger partial charge in [-0.3, -0.25) is 4.79 Å². The van der Waals surface area contributed by atoms with Crippen LogP contribution in [-0.4, -0.2) is 20.9 Å². The molecule has 2 aromatic rings. The van der Waals surface area contributed by atoms with Crippen molar-refractivity contribution in [1.82, 2.24) is 5.32 Å². The van der Waals surface area contributed by atoms with E-state index in [2.05, 4.69) is 11.4 Å². The van der Waals surface area contributed by atoms with Crippen LogP contribution in [-0.2, 0) is 29.3 Å². The molecule has 6 heteroatoms. The second kappa shape index (κ2) is 7.37. The van der Waals surface area contributed by atoms with E-state index < -0.39 is 10.0 Å². The van der Waals surface area contributed by atoms with Gasteiger partial charge in [-0.1, -0.05) is 18.2 Å². The summed E-state index contributed by atoms with van der Waals surface area (Å²) in [6.45, 7) is 0.491. The standard InChI is InChI=1S/C19H22N2O3S/c20-25(23,24)18-9-5-14(6-10-18)11-12-21-19(22)17-8-7-15-3-1-2-4-16(15)13-17/h5-10,13H,1-4,11-12H2,(H,21,22)(H2,20,23,24). The monoisotopic (exact) mass is 358 g/mol. The van der Waals surface area contributed by atoms with Crippen LogP contribution in [0.4, 0.5) is 0 Å². The number of benzene rings is 2. The summed E-state index contributed by atoms with van der Waals surface area (Å²) < 4.78 is 22.5. The second-order valence-electron chi connectivity index (χ2n) is 6.39. The second-order valence-corrected chi connectivity index (χ2v) is 7.95. The summed E-state index contributed by atoms with van der Waals surface area (Å²) in [7, 11) is -3.67. The molecule has 1 amide bonds. The van der Waals surface area contributed by atoms with Crippen LogP contribution in [0.1, 0.15) is 39.9 Å². The van der Waals surface area contributed by atoms with Gasteiger partial charge < -0.3 is 5.32 Å². The van der Waals surface area contributed by atoms with E-state index in [1.165, 1.54) is 36.1 Å². The number of sulfonamides is 1. The molecule has 0 fully saturated rings. The highest BCUT2D eigenvalue weighted by Gasteiger charge is 2.12. The van der Waals surface area contributed by atoms with Crippen LogP contribution in [0.5, 0.6) is 0 Å². The molecule has 0 saturated carbocycles. The summed E-state index contributed by atoms with van der Waals surface area (Å²) in [6.07, 6.45) is 5.19. The molecule has 0 heterocycles. The molecule has 0 unspecified atom stereocenters. The van der Waals surface area contributed by atoms with E-state index >= 15 is 0 Å². The van der Waals surface area contributed by atoms with E-state index in [-0.39, 0.29) is 10.8 Å². The number of fused-ring (bicyclic) bond motifs is 1. The maximum absolute atomic E-state index is 12.3. The summed E-state index contributed by atoms with van der Waals surface area (Å²) in [5, 5.41) is 7.99. The molecule has 3 N–H and O–H groups in total. The molecule has 132 valence electrons. The Bertz CT molecular complexity index is 874. The Kier molecular flexibility index (Phi) is 5.20. The van der Waals surface area contributed by atoms with Gasteiger partial charge in [0.25, 0.3) is 5.91 Å². The van der Waals surface area contributed by atoms with Crippen LogP contribution in [0.3, 0.4) is 0 Å². The van der Waals surface area contributed by atoms with Crippen LogP contribution in [0.2, 0.25) is 0 Å². The first-order chi connectivity index (χ1) is 11.9. The van der Waals surface area contributed by atoms with Crippen LogP contribution < -0.4 is 10.5 Å². The average Bonchev–Trinajstić information content (AvgIpc) is 2.61. The third-order valence-electron chi connectivity index (χ3n) is 4.56. The van der Waals surface area contributed by atoms with Gasteiger partial charge in [-0.05, 0) is 73.1 Å². The van der Waals surface area contributed by atoms with E-state index in [1.54, 1.807) is 12.1 Å². The van der Waals surface area contributed by atoms with Crippen molar-refractivity contribution in [3.63, 3.8) is 0 Å². The zero-order valence-corrected chi connectivity index (χ0v) is 14.8. The van der Waals surface area contributed by atoms with Gasteiger partial charge in [0.05, 0.1) is 4.90 Å². The molecule has 1 aliphatic rings. The molecule has 0 aromatic heterocycles. The number of carbonyl (C=O) groups excluding carboxylic acids is 1. The molecule has 5 nitrogen and oxygen atoms in total. The minimum atomic E-state index is -3.67. The minimum absolute atomic E-state index is 0.0745. The first-order valence-electron chi connectivity index (χ1n) is 8.45. The Labute approximate surface area is 148 Å². The zero-order chi connectivity index (χ0) is 17.9. The quantitative estimate of drug-likeness (QED) is 0.858. The zero-order valence-electron chi connectivity index (χ0n) is 14.0. The van der Waals surface area contributed by atoms with Gasteiger partial charge in [0.2, 0.25) is 10.0 Å². The number of hydrogen-bond donors (Lipinski definition) is 2. The van der Waals surface area contributed by atoms with Gasteiger partial charge in [0.15, 0.2) is 0 Å². The van der Waals surface area contributed by atoms with Crippen molar-refractivity contribution in [2.24, 2.45) is 5.14 Å². The summed E-state index contributed by atoms with van der Waals surface area (Å²) in [5.41, 5.74) is 4.29. The van der Waals surface area contributed by atoms with E-state index in [0.717, 1.165) is 18.4 Å². The fourth-order valence-electron chi connectivity index (χ4n) is 3.14. The lowest BCUT2D eigenvalue weighted by atomic mass is 9.90. The molecule has 0 atom stereocenters. The third kappa shape index (κ3) is 4.46. The number of rotatable bonds is 5. The van der Waals surface area contributed by atoms with Gasteiger partial charge >= 0.3 is 0 Å². The van der Waals surface area contributed by atoms with Crippen molar-refractivity contribution in [2.45, 2.75) is 37.0 Å². The molecule has 0 spiro atoms. The summed E-state index contributed by atoms with van der Waals surface area (Å²) in [6, 6.07) is 12.3. The van der Waals surface area contributed by atoms with Crippen molar-refractivity contribution in [1.29, 1.82) is 0 Å². The van der Waals surface area contributed by atoms with E-state index in [9.17, 15) is 13.2 Å². The van der Waals surface area contributed by atoms with Crippen molar-refractivity contribution in [3.8, 4) is 0 Å². The maximum Gasteiger partial charge on any atom is 0.251 e. The molecule has 0 radical (unpaired) electrons. The molecule has 3 rings (SSSR count). The molecule has 2 aromatic carbocycles. The Balaban J connectivity index is 1.56. The average molecular weight is 358 g/mol. The van der Waals surface area contributed by atoms with Crippen molar-refractivity contribution < 1.29 is 13.2 Å². The molecule has 1 aliphatic carbocycles. The van der Waals surface area contributed by atoms with Gasteiger partial charge in [0, 0.05) is 12.1 Å². The van der Waals surface area contributed by atoms with Gasteiger partial charge in [-0.2, -0.15) is 0 Å². The summed E-state index contributed by atoms with van der Waals surface area (Å²) in [5.74, 6) is -0.0745. The topological polar surface area (TPSA) is 89.3 Å². The van der Waals surface area contributed by atoms with Crippen molar-refractivity contribution >= 4 is 15.9 Å². The predicted octanol–water partition coefficient (Wildman–Crippen LogP) is 2.19. The fraction of sp³-hybridized carbons (Fsp3) is 0.316. The molecular formula is C19H22N2O3S. The van der Waals surface area contributed by atoms with Crippen molar-refractivity contribution in [2.75, 3.05) is 6.54 Å². The van der Waals surface area contributed by atoms with Crippen molar-refractivity contribution in [3.05, 3.63) is 64.7 Å². The lowest BCUT2D eigenvalue weighted by Gasteiger charge is -2.16. The number of aryl methyl sites for hydroxylation is 2. The van der Waals surface area contributed by atoms with Gasteiger partial charge in [-0.15, -0.1) is 0 Å². The molecular weight excluding hydrogens is 336 g/mol. The van der Waals surface area contributed by atoms with Crippen LogP contribution >= 0.6 is 0 Å². The van der Waals surface area contributed by atoms with E-state index in [1.807, 2.05) is 12.1 Å². The minimum Gasteiger partial charge on any atom is -0.352 e. The summed E-state index contributed by atoms with van der Waals surface area (Å²) >= 11 is 0. The highest BCUT2D eigenvalue weighted by molar-refractivity contribution is 7.89. The highest BCUT2D eigenvalue weighted by Crippen LogP contribution is 2.22. The first kappa shape index (κ1) is 17.6. The number of primary sulfonamides is 1. The molecule has 0 bridgehead atoms. The Morgan fingerprint density at radius 2 is 1.68 bits per heavy atom. The lowest BCUT2D eigenvalue weighted by molar-refractivity contribution is 0.0954. The predicted molar refractivity (Wildman–Crippen MR) is 96.9 cm³/mol. The van der Waals surface area contributed by atoms with Crippen LogP contribution in [0.15, 0.2) is 47.4 Å². The SMILES string of the molecule is NS(=O)(=O)c1ccc(CCNC(=O)c2ccc3c(c2)CCCC3)cc1. The van der Waals surface area contributed by atoms with E-state index in [4.69, 9.17) is 5.14 Å². The lowest BCUT2D eigenvalue weighted by Crippen LogP contribution is -2.26. The number of nitrogens with one attached hydrogen (secondary N) is 1.